The number of aromatic nitrogens is 2. The number of fused-ring (bicyclic) bond motifs is 1. The maximum absolute atomic E-state index is 6.62. The number of nitrogens with zero attached hydrogens (tertiary/aromatic N) is 2. The van der Waals surface area contributed by atoms with Gasteiger partial charge in [-0.25, -0.2) is 0 Å². The molecule has 284 valence electrons. The van der Waals surface area contributed by atoms with Crippen LogP contribution in [-0.2, 0) is 0 Å². The van der Waals surface area contributed by atoms with E-state index >= 15 is 0 Å². The van der Waals surface area contributed by atoms with Crippen molar-refractivity contribution in [2.45, 2.75) is 220 Å². The molecule has 0 bridgehead atoms. The summed E-state index contributed by atoms with van der Waals surface area (Å²) in [5.74, 6) is 3.20. The Bertz CT molecular complexity index is 962. The van der Waals surface area contributed by atoms with E-state index in [1.807, 2.05) is 0 Å². The summed E-state index contributed by atoms with van der Waals surface area (Å²) < 4.78 is 22.4. The van der Waals surface area contributed by atoms with Gasteiger partial charge in [0.15, 0.2) is 17.0 Å². The molecule has 5 heteroatoms. The van der Waals surface area contributed by atoms with Gasteiger partial charge in [0.05, 0.1) is 24.9 Å². The highest BCUT2D eigenvalue weighted by atomic mass is 32.1. The quantitative estimate of drug-likeness (QED) is 0.0664. The summed E-state index contributed by atoms with van der Waals surface area (Å²) in [7, 11) is 0. The van der Waals surface area contributed by atoms with Crippen LogP contribution in [0, 0.1) is 11.8 Å². The van der Waals surface area contributed by atoms with Gasteiger partial charge in [0.2, 0.25) is 0 Å². The molecule has 2 rings (SSSR count). The predicted octanol–water partition coefficient (Wildman–Crippen LogP) is 15.5. The smallest absolute Gasteiger partial charge is 0.190 e. The molecular weight excluding hydrogens is 621 g/mol. The van der Waals surface area contributed by atoms with Gasteiger partial charge in [0.25, 0.3) is 0 Å². The lowest BCUT2D eigenvalue weighted by molar-refractivity contribution is 0.227. The second kappa shape index (κ2) is 31.4. The van der Waals surface area contributed by atoms with Gasteiger partial charge in [-0.3, -0.25) is 0 Å². The van der Waals surface area contributed by atoms with Crippen LogP contribution in [0.5, 0.6) is 11.5 Å². The molecule has 0 aliphatic rings. The Hall–Kier alpha value is -1.36. The number of rotatable bonds is 36. The van der Waals surface area contributed by atoms with Gasteiger partial charge in [-0.2, -0.15) is 8.75 Å². The Morgan fingerprint density at radius 1 is 0.449 bits per heavy atom. The van der Waals surface area contributed by atoms with E-state index in [0.29, 0.717) is 0 Å². The first-order chi connectivity index (χ1) is 24.2. The van der Waals surface area contributed by atoms with Gasteiger partial charge in [0, 0.05) is 0 Å². The maximum atomic E-state index is 6.62. The molecule has 0 radical (unpaired) electrons. The van der Waals surface area contributed by atoms with E-state index in [0.717, 1.165) is 60.4 Å². The van der Waals surface area contributed by atoms with Crippen LogP contribution in [0.4, 0.5) is 0 Å². The molecule has 0 spiro atoms. The maximum Gasteiger partial charge on any atom is 0.190 e. The zero-order chi connectivity index (χ0) is 35.0. The van der Waals surface area contributed by atoms with Crippen molar-refractivity contribution in [1.29, 1.82) is 0 Å². The number of unbranched alkanes of at least 4 members (excludes halogenated alkanes) is 20. The van der Waals surface area contributed by atoms with Crippen molar-refractivity contribution in [2.75, 3.05) is 13.2 Å². The van der Waals surface area contributed by atoms with Crippen molar-refractivity contribution in [1.82, 2.24) is 8.75 Å². The molecule has 0 aliphatic carbocycles. The van der Waals surface area contributed by atoms with Crippen molar-refractivity contribution in [2.24, 2.45) is 11.8 Å². The lowest BCUT2D eigenvalue weighted by Crippen LogP contribution is -2.11. The Kier molecular flexibility index (Phi) is 28.1. The molecule has 2 aromatic rings. The molecule has 0 amide bonds. The third-order valence-electron chi connectivity index (χ3n) is 10.8. The first-order valence-electron chi connectivity index (χ1n) is 21.7. The molecular formula is C44H80N2O2S. The van der Waals surface area contributed by atoms with Crippen LogP contribution in [0.1, 0.15) is 220 Å². The predicted molar refractivity (Wildman–Crippen MR) is 217 cm³/mol. The summed E-state index contributed by atoms with van der Waals surface area (Å²) in [5, 5.41) is 0. The van der Waals surface area contributed by atoms with Crippen molar-refractivity contribution >= 4 is 22.8 Å². The van der Waals surface area contributed by atoms with Crippen molar-refractivity contribution < 1.29 is 9.47 Å². The summed E-state index contributed by atoms with van der Waals surface area (Å²) in [6, 6.07) is 4.14. The van der Waals surface area contributed by atoms with Gasteiger partial charge >= 0.3 is 0 Å². The molecule has 0 saturated carbocycles. The monoisotopic (exact) mass is 701 g/mol. The van der Waals surface area contributed by atoms with Crippen LogP contribution in [0.25, 0.3) is 11.0 Å². The van der Waals surface area contributed by atoms with Crippen LogP contribution in [-0.4, -0.2) is 22.0 Å². The molecule has 0 unspecified atom stereocenters. The highest BCUT2D eigenvalue weighted by Crippen LogP contribution is 2.36. The second-order valence-electron chi connectivity index (χ2n) is 15.3. The first kappa shape index (κ1) is 43.8. The van der Waals surface area contributed by atoms with Crippen molar-refractivity contribution in [3.05, 3.63) is 12.1 Å². The second-order valence-corrected chi connectivity index (χ2v) is 15.8. The highest BCUT2D eigenvalue weighted by molar-refractivity contribution is 7.00. The fraction of sp³-hybridized carbons (Fsp3) is 0.864. The van der Waals surface area contributed by atoms with Crippen LogP contribution < -0.4 is 9.47 Å². The minimum Gasteiger partial charge on any atom is -0.490 e. The molecule has 49 heavy (non-hydrogen) atoms. The third-order valence-corrected chi connectivity index (χ3v) is 11.3. The lowest BCUT2D eigenvalue weighted by Gasteiger charge is -2.20. The topological polar surface area (TPSA) is 44.2 Å². The SMILES string of the molecule is CCCCCCCCC(CCCCCCCC)CCOc1ccc2nsnc2c1OCCC(CCCCCCCC)CCCCCCCC. The number of benzene rings is 1. The molecule has 0 aliphatic heterocycles. The molecule has 0 N–H and O–H groups in total. The van der Waals surface area contributed by atoms with Crippen LogP contribution >= 0.6 is 11.7 Å². The average Bonchev–Trinajstić information content (AvgIpc) is 3.60. The zero-order valence-electron chi connectivity index (χ0n) is 33.1. The number of hydrogen-bond acceptors (Lipinski definition) is 5. The zero-order valence-corrected chi connectivity index (χ0v) is 33.9. The Morgan fingerprint density at radius 3 is 1.27 bits per heavy atom. The van der Waals surface area contributed by atoms with E-state index in [4.69, 9.17) is 9.47 Å². The molecule has 0 atom stereocenters. The number of ether oxygens (including phenoxy) is 2. The van der Waals surface area contributed by atoms with Gasteiger partial charge in [-0.1, -0.05) is 207 Å². The largest absolute Gasteiger partial charge is 0.490 e. The summed E-state index contributed by atoms with van der Waals surface area (Å²) in [5.41, 5.74) is 1.80. The molecule has 1 aromatic carbocycles. The van der Waals surface area contributed by atoms with Crippen LogP contribution in [0.2, 0.25) is 0 Å². The van der Waals surface area contributed by atoms with Crippen LogP contribution in [0.3, 0.4) is 0 Å². The van der Waals surface area contributed by atoms with E-state index in [9.17, 15) is 0 Å². The molecule has 0 saturated heterocycles. The fourth-order valence-electron chi connectivity index (χ4n) is 7.45. The lowest BCUT2D eigenvalue weighted by atomic mass is 9.91. The molecule has 0 fully saturated rings. The van der Waals surface area contributed by atoms with E-state index in [1.165, 1.54) is 192 Å². The average molecular weight is 701 g/mol. The molecule has 1 aromatic heterocycles. The molecule has 4 nitrogen and oxygen atoms in total. The summed E-state index contributed by atoms with van der Waals surface area (Å²) >= 11 is 1.28. The van der Waals surface area contributed by atoms with E-state index in [-0.39, 0.29) is 0 Å². The normalized spacial score (nSPS) is 11.8. The van der Waals surface area contributed by atoms with Gasteiger partial charge in [-0.15, -0.1) is 0 Å². The van der Waals surface area contributed by atoms with E-state index in [1.54, 1.807) is 0 Å². The minimum atomic E-state index is 0.738. The summed E-state index contributed by atoms with van der Waals surface area (Å²) in [4.78, 5) is 0. The molecule has 1 heterocycles. The van der Waals surface area contributed by atoms with Gasteiger partial charge in [0.1, 0.15) is 5.52 Å². The Labute approximate surface area is 309 Å². The van der Waals surface area contributed by atoms with Gasteiger partial charge < -0.3 is 9.47 Å². The fourth-order valence-corrected chi connectivity index (χ4v) is 7.98. The summed E-state index contributed by atoms with van der Waals surface area (Å²) in [6.07, 6.45) is 40.7. The first-order valence-corrected chi connectivity index (χ1v) is 22.5. The minimum absolute atomic E-state index is 0.738. The standard InChI is InChI=1S/C44H80N2O2S/c1-5-9-13-17-21-25-29-39(30-26-22-18-14-10-6-2)35-37-47-42-34-33-41-43(46-49-45-41)44(42)48-38-36-40(31-27-23-19-15-11-7-3)32-28-24-20-16-12-8-4/h33-34,39-40H,5-32,35-38H2,1-4H3. The Balaban J connectivity index is 1.93. The van der Waals surface area contributed by atoms with Crippen LogP contribution in [0.15, 0.2) is 12.1 Å². The van der Waals surface area contributed by atoms with Gasteiger partial charge in [-0.05, 0) is 36.8 Å². The Morgan fingerprint density at radius 2 is 0.837 bits per heavy atom. The number of hydrogen-bond donors (Lipinski definition) is 0. The van der Waals surface area contributed by atoms with E-state index < -0.39 is 0 Å². The summed E-state index contributed by atoms with van der Waals surface area (Å²) in [6.45, 7) is 10.7. The van der Waals surface area contributed by atoms with Crippen molar-refractivity contribution in [3.63, 3.8) is 0 Å². The van der Waals surface area contributed by atoms with E-state index in [2.05, 4.69) is 48.6 Å². The highest BCUT2D eigenvalue weighted by Gasteiger charge is 2.17. The van der Waals surface area contributed by atoms with Crippen molar-refractivity contribution in [3.8, 4) is 11.5 Å². The third kappa shape index (κ3) is 21.6.